The standard InChI is InChI=1S/C21H19ClN2O3/c22-12-18-20(27-14-16-9-5-2-6-10-16)19(11-17(24-18)21(23)25)26-13-15-7-3-1-4-8-15/h1-11H,12-14H2,(H2,23,25). The van der Waals surface area contributed by atoms with Gasteiger partial charge in [0.2, 0.25) is 0 Å². The summed E-state index contributed by atoms with van der Waals surface area (Å²) in [6, 6.07) is 20.9. The second-order valence-electron chi connectivity index (χ2n) is 5.83. The summed E-state index contributed by atoms with van der Waals surface area (Å²) in [5.41, 5.74) is 7.86. The summed E-state index contributed by atoms with van der Waals surface area (Å²) in [7, 11) is 0. The van der Waals surface area contributed by atoms with E-state index in [1.807, 2.05) is 60.7 Å². The maximum absolute atomic E-state index is 11.6. The molecule has 0 aliphatic rings. The van der Waals surface area contributed by atoms with Crippen molar-refractivity contribution in [2.24, 2.45) is 5.73 Å². The van der Waals surface area contributed by atoms with E-state index in [0.717, 1.165) is 11.1 Å². The van der Waals surface area contributed by atoms with E-state index in [1.54, 1.807) is 0 Å². The van der Waals surface area contributed by atoms with Crippen LogP contribution in [0, 0.1) is 0 Å². The van der Waals surface area contributed by atoms with Gasteiger partial charge in [-0.15, -0.1) is 11.6 Å². The lowest BCUT2D eigenvalue weighted by Crippen LogP contribution is -2.15. The SMILES string of the molecule is NC(=O)c1cc(OCc2ccccc2)c(OCc2ccccc2)c(CCl)n1. The summed E-state index contributed by atoms with van der Waals surface area (Å²) >= 11 is 6.03. The Kier molecular flexibility index (Phi) is 6.28. The first kappa shape index (κ1) is 18.7. The zero-order chi connectivity index (χ0) is 19.1. The van der Waals surface area contributed by atoms with Crippen LogP contribution in [0.25, 0.3) is 0 Å². The molecule has 0 saturated heterocycles. The molecule has 3 aromatic rings. The van der Waals surface area contributed by atoms with Crippen molar-refractivity contribution in [2.75, 3.05) is 0 Å². The molecule has 2 N–H and O–H groups in total. The number of nitrogens with zero attached hydrogens (tertiary/aromatic N) is 1. The number of amides is 1. The van der Waals surface area contributed by atoms with Gasteiger partial charge in [0.1, 0.15) is 24.6 Å². The average molecular weight is 383 g/mol. The number of rotatable bonds is 8. The van der Waals surface area contributed by atoms with E-state index in [1.165, 1.54) is 6.07 Å². The van der Waals surface area contributed by atoms with Crippen LogP contribution in [0.5, 0.6) is 11.5 Å². The Morgan fingerprint density at radius 1 is 0.926 bits per heavy atom. The zero-order valence-electron chi connectivity index (χ0n) is 14.6. The Morgan fingerprint density at radius 2 is 1.48 bits per heavy atom. The van der Waals surface area contributed by atoms with Crippen LogP contribution < -0.4 is 15.2 Å². The monoisotopic (exact) mass is 382 g/mol. The Bertz CT molecular complexity index is 902. The third kappa shape index (κ3) is 4.99. The molecular weight excluding hydrogens is 364 g/mol. The van der Waals surface area contributed by atoms with Crippen LogP contribution >= 0.6 is 11.6 Å². The Morgan fingerprint density at radius 3 is 2.00 bits per heavy atom. The number of alkyl halides is 1. The van der Waals surface area contributed by atoms with E-state index < -0.39 is 5.91 Å². The fourth-order valence-corrected chi connectivity index (χ4v) is 2.69. The largest absolute Gasteiger partial charge is 0.485 e. The van der Waals surface area contributed by atoms with E-state index in [2.05, 4.69) is 4.98 Å². The highest BCUT2D eigenvalue weighted by molar-refractivity contribution is 6.17. The predicted molar refractivity (Wildman–Crippen MR) is 104 cm³/mol. The molecule has 0 aliphatic carbocycles. The highest BCUT2D eigenvalue weighted by atomic mass is 35.5. The van der Waals surface area contributed by atoms with Crippen LogP contribution in [0.1, 0.15) is 27.3 Å². The summed E-state index contributed by atoms with van der Waals surface area (Å²) in [5.74, 6) is 0.206. The molecule has 2 aromatic carbocycles. The maximum Gasteiger partial charge on any atom is 0.267 e. The second-order valence-corrected chi connectivity index (χ2v) is 6.10. The topological polar surface area (TPSA) is 74.4 Å². The molecule has 1 aromatic heterocycles. The van der Waals surface area contributed by atoms with Gasteiger partial charge in [0.05, 0.1) is 5.88 Å². The third-order valence-corrected chi connectivity index (χ3v) is 4.10. The number of carbonyl (C=O) groups excluding carboxylic acids is 1. The molecule has 5 nitrogen and oxygen atoms in total. The Balaban J connectivity index is 1.89. The normalized spacial score (nSPS) is 10.4. The van der Waals surface area contributed by atoms with E-state index in [0.29, 0.717) is 30.4 Å². The van der Waals surface area contributed by atoms with Crippen molar-refractivity contribution in [3.8, 4) is 11.5 Å². The summed E-state index contributed by atoms with van der Waals surface area (Å²) in [4.78, 5) is 15.8. The van der Waals surface area contributed by atoms with Gasteiger partial charge in [0.25, 0.3) is 5.91 Å². The number of halogens is 1. The summed E-state index contributed by atoms with van der Waals surface area (Å²) in [6.45, 7) is 0.635. The van der Waals surface area contributed by atoms with Gasteiger partial charge in [-0.3, -0.25) is 4.79 Å². The minimum Gasteiger partial charge on any atom is -0.485 e. The van der Waals surface area contributed by atoms with Crippen molar-refractivity contribution in [1.29, 1.82) is 0 Å². The Labute approximate surface area is 162 Å². The first-order valence-electron chi connectivity index (χ1n) is 8.40. The highest BCUT2D eigenvalue weighted by Gasteiger charge is 2.18. The highest BCUT2D eigenvalue weighted by Crippen LogP contribution is 2.33. The molecule has 0 atom stereocenters. The minimum atomic E-state index is -0.652. The molecule has 0 radical (unpaired) electrons. The second kappa shape index (κ2) is 9.05. The van der Waals surface area contributed by atoms with E-state index in [4.69, 9.17) is 26.8 Å². The number of ether oxygens (including phenoxy) is 2. The summed E-state index contributed by atoms with van der Waals surface area (Å²) in [6.07, 6.45) is 0. The van der Waals surface area contributed by atoms with Gasteiger partial charge in [-0.25, -0.2) is 4.98 Å². The van der Waals surface area contributed by atoms with Crippen LogP contribution in [-0.4, -0.2) is 10.9 Å². The molecule has 3 rings (SSSR count). The molecule has 138 valence electrons. The van der Waals surface area contributed by atoms with E-state index in [-0.39, 0.29) is 11.6 Å². The van der Waals surface area contributed by atoms with Crippen molar-refractivity contribution < 1.29 is 14.3 Å². The third-order valence-electron chi connectivity index (χ3n) is 3.85. The molecular formula is C21H19ClN2O3. The number of nitrogens with two attached hydrogens (primary N) is 1. The van der Waals surface area contributed by atoms with Crippen molar-refractivity contribution in [3.63, 3.8) is 0 Å². The van der Waals surface area contributed by atoms with Gasteiger partial charge >= 0.3 is 0 Å². The molecule has 0 fully saturated rings. The summed E-state index contributed by atoms with van der Waals surface area (Å²) in [5, 5.41) is 0. The first-order valence-corrected chi connectivity index (χ1v) is 8.94. The van der Waals surface area contributed by atoms with Crippen LogP contribution in [0.15, 0.2) is 66.7 Å². The molecule has 27 heavy (non-hydrogen) atoms. The maximum atomic E-state index is 11.6. The fraction of sp³-hybridized carbons (Fsp3) is 0.143. The molecule has 0 unspecified atom stereocenters. The Hall–Kier alpha value is -3.05. The lowest BCUT2D eigenvalue weighted by atomic mass is 10.2. The van der Waals surface area contributed by atoms with Crippen LogP contribution in [0.2, 0.25) is 0 Å². The van der Waals surface area contributed by atoms with Crippen LogP contribution in [-0.2, 0) is 19.1 Å². The van der Waals surface area contributed by atoms with Crippen molar-refractivity contribution in [2.45, 2.75) is 19.1 Å². The van der Waals surface area contributed by atoms with Crippen molar-refractivity contribution in [3.05, 3.63) is 89.2 Å². The quantitative estimate of drug-likeness (QED) is 0.596. The van der Waals surface area contributed by atoms with E-state index >= 15 is 0 Å². The molecule has 1 heterocycles. The van der Waals surface area contributed by atoms with Gasteiger partial charge < -0.3 is 15.2 Å². The van der Waals surface area contributed by atoms with Crippen LogP contribution in [0.4, 0.5) is 0 Å². The number of pyridine rings is 1. The number of aromatic nitrogens is 1. The van der Waals surface area contributed by atoms with Gasteiger partial charge in [-0.2, -0.15) is 0 Å². The fourth-order valence-electron chi connectivity index (χ4n) is 2.50. The minimum absolute atomic E-state index is 0.0624. The van der Waals surface area contributed by atoms with Gasteiger partial charge in [-0.05, 0) is 11.1 Å². The first-order chi connectivity index (χ1) is 13.2. The lowest BCUT2D eigenvalue weighted by molar-refractivity contribution is 0.0994. The van der Waals surface area contributed by atoms with E-state index in [9.17, 15) is 4.79 Å². The van der Waals surface area contributed by atoms with Crippen molar-refractivity contribution in [1.82, 2.24) is 4.98 Å². The van der Waals surface area contributed by atoms with Gasteiger partial charge in [-0.1, -0.05) is 60.7 Å². The van der Waals surface area contributed by atoms with Crippen molar-refractivity contribution >= 4 is 17.5 Å². The molecule has 6 heteroatoms. The average Bonchev–Trinajstić information content (AvgIpc) is 2.71. The molecule has 0 aliphatic heterocycles. The summed E-state index contributed by atoms with van der Waals surface area (Å²) < 4.78 is 11.9. The van der Waals surface area contributed by atoms with Gasteiger partial charge in [0, 0.05) is 6.07 Å². The number of benzene rings is 2. The number of hydrogen-bond acceptors (Lipinski definition) is 4. The number of hydrogen-bond donors (Lipinski definition) is 1. The predicted octanol–water partition coefficient (Wildman–Crippen LogP) is 4.08. The molecule has 0 saturated carbocycles. The number of primary amides is 1. The molecule has 0 bridgehead atoms. The zero-order valence-corrected chi connectivity index (χ0v) is 15.4. The smallest absolute Gasteiger partial charge is 0.267 e. The number of carbonyl (C=O) groups is 1. The molecule has 0 spiro atoms. The molecule has 1 amide bonds. The van der Waals surface area contributed by atoms with Gasteiger partial charge in [0.15, 0.2) is 11.5 Å². The lowest BCUT2D eigenvalue weighted by Gasteiger charge is -2.16. The van der Waals surface area contributed by atoms with Crippen LogP contribution in [0.3, 0.4) is 0 Å².